The van der Waals surface area contributed by atoms with Crippen LogP contribution in [0.3, 0.4) is 0 Å². The molecule has 0 spiro atoms. The molecule has 3 nitrogen and oxygen atoms in total. The van der Waals surface area contributed by atoms with Crippen LogP contribution in [0.4, 0.5) is 15.2 Å². The second kappa shape index (κ2) is 4.66. The molecule has 1 aliphatic rings. The summed E-state index contributed by atoms with van der Waals surface area (Å²) in [6.45, 7) is 0. The molecule has 1 atom stereocenters. The van der Waals surface area contributed by atoms with Crippen LogP contribution < -0.4 is 5.32 Å². The number of aliphatic hydroxyl groups excluding tert-OH is 1. The quantitative estimate of drug-likeness (QED) is 0.874. The first kappa shape index (κ1) is 11.6. The lowest BCUT2D eigenvalue weighted by molar-refractivity contribution is 0.160. The molecule has 5 heteroatoms. The minimum absolute atomic E-state index is 0.255. The predicted molar refractivity (Wildman–Crippen MR) is 69.7 cm³/mol. The first-order chi connectivity index (χ1) is 8.72. The number of aryl methyl sites for hydroxylation is 1. The van der Waals surface area contributed by atoms with Crippen molar-refractivity contribution >= 4 is 22.2 Å². The number of hydrogen-bond acceptors (Lipinski definition) is 4. The SMILES string of the molecule is OC1CCCc2nc(Nc3ccc(F)cc3)sc21. The lowest BCUT2D eigenvalue weighted by atomic mass is 10.0. The molecule has 0 amide bonds. The Morgan fingerprint density at radius 3 is 2.83 bits per heavy atom. The molecule has 2 aromatic rings. The van der Waals surface area contributed by atoms with Crippen LogP contribution in [0.5, 0.6) is 0 Å². The highest BCUT2D eigenvalue weighted by molar-refractivity contribution is 7.15. The third kappa shape index (κ3) is 2.23. The van der Waals surface area contributed by atoms with Gasteiger partial charge in [-0.05, 0) is 43.5 Å². The molecule has 2 N–H and O–H groups in total. The first-order valence-electron chi connectivity index (χ1n) is 5.92. The number of fused-ring (bicyclic) bond motifs is 1. The van der Waals surface area contributed by atoms with E-state index in [9.17, 15) is 9.50 Å². The van der Waals surface area contributed by atoms with Crippen molar-refractivity contribution in [2.24, 2.45) is 0 Å². The Hall–Kier alpha value is -1.46. The van der Waals surface area contributed by atoms with E-state index in [1.807, 2.05) is 0 Å². The zero-order valence-corrected chi connectivity index (χ0v) is 10.5. The number of hydrogen-bond donors (Lipinski definition) is 2. The summed E-state index contributed by atoms with van der Waals surface area (Å²) < 4.78 is 12.8. The van der Waals surface area contributed by atoms with Crippen molar-refractivity contribution < 1.29 is 9.50 Å². The van der Waals surface area contributed by atoms with Crippen LogP contribution in [0.2, 0.25) is 0 Å². The third-order valence-corrected chi connectivity index (χ3v) is 4.13. The van der Waals surface area contributed by atoms with E-state index in [0.717, 1.165) is 40.7 Å². The van der Waals surface area contributed by atoms with Crippen LogP contribution in [0, 0.1) is 5.82 Å². The number of benzene rings is 1. The Balaban J connectivity index is 1.83. The van der Waals surface area contributed by atoms with Gasteiger partial charge in [0.25, 0.3) is 0 Å². The molecule has 18 heavy (non-hydrogen) atoms. The number of thiazole rings is 1. The van der Waals surface area contributed by atoms with E-state index in [1.165, 1.54) is 23.5 Å². The molecule has 1 aromatic heterocycles. The zero-order chi connectivity index (χ0) is 12.5. The summed E-state index contributed by atoms with van der Waals surface area (Å²) in [5.74, 6) is -0.255. The summed E-state index contributed by atoms with van der Waals surface area (Å²) >= 11 is 1.48. The van der Waals surface area contributed by atoms with E-state index in [-0.39, 0.29) is 11.9 Å². The molecule has 94 valence electrons. The summed E-state index contributed by atoms with van der Waals surface area (Å²) in [5, 5.41) is 13.8. The Kier molecular flexibility index (Phi) is 3.01. The van der Waals surface area contributed by atoms with E-state index >= 15 is 0 Å². The number of nitrogens with zero attached hydrogens (tertiary/aromatic N) is 1. The van der Waals surface area contributed by atoms with Crippen LogP contribution in [0.25, 0.3) is 0 Å². The molecule has 0 bridgehead atoms. The molecule has 3 rings (SSSR count). The Labute approximate surface area is 108 Å². The van der Waals surface area contributed by atoms with Gasteiger partial charge in [-0.15, -0.1) is 0 Å². The smallest absolute Gasteiger partial charge is 0.187 e. The van der Waals surface area contributed by atoms with E-state index in [2.05, 4.69) is 10.3 Å². The molecule has 0 radical (unpaired) electrons. The second-order valence-corrected chi connectivity index (χ2v) is 5.40. The normalized spacial score (nSPS) is 18.4. The molecule has 0 saturated heterocycles. The van der Waals surface area contributed by atoms with Gasteiger partial charge in [-0.25, -0.2) is 9.37 Å². The van der Waals surface area contributed by atoms with Gasteiger partial charge in [-0.1, -0.05) is 11.3 Å². The Bertz CT molecular complexity index is 553. The minimum atomic E-state index is -0.380. The van der Waals surface area contributed by atoms with Crippen molar-refractivity contribution in [3.05, 3.63) is 40.7 Å². The fraction of sp³-hybridized carbons (Fsp3) is 0.308. The van der Waals surface area contributed by atoms with Gasteiger partial charge >= 0.3 is 0 Å². The molecule has 1 aromatic carbocycles. The van der Waals surface area contributed by atoms with Crippen LogP contribution in [-0.2, 0) is 6.42 Å². The fourth-order valence-electron chi connectivity index (χ4n) is 2.11. The van der Waals surface area contributed by atoms with E-state index in [0.29, 0.717) is 0 Å². The number of aliphatic hydroxyl groups is 1. The van der Waals surface area contributed by atoms with Gasteiger partial charge in [0.2, 0.25) is 0 Å². The largest absolute Gasteiger partial charge is 0.388 e. The van der Waals surface area contributed by atoms with E-state index in [4.69, 9.17) is 0 Å². The van der Waals surface area contributed by atoms with Crippen LogP contribution >= 0.6 is 11.3 Å². The lowest BCUT2D eigenvalue weighted by Crippen LogP contribution is -2.06. The summed E-state index contributed by atoms with van der Waals surface area (Å²) in [6.07, 6.45) is 2.34. The molecule has 1 aliphatic carbocycles. The van der Waals surface area contributed by atoms with Crippen molar-refractivity contribution in [2.75, 3.05) is 5.32 Å². The Morgan fingerprint density at radius 2 is 2.11 bits per heavy atom. The van der Waals surface area contributed by atoms with Gasteiger partial charge in [0, 0.05) is 5.69 Å². The topological polar surface area (TPSA) is 45.2 Å². The second-order valence-electron chi connectivity index (χ2n) is 4.37. The van der Waals surface area contributed by atoms with Gasteiger partial charge in [-0.2, -0.15) is 0 Å². The van der Waals surface area contributed by atoms with Crippen molar-refractivity contribution in [2.45, 2.75) is 25.4 Å². The third-order valence-electron chi connectivity index (χ3n) is 3.02. The number of aromatic nitrogens is 1. The fourth-order valence-corrected chi connectivity index (χ4v) is 3.16. The summed E-state index contributed by atoms with van der Waals surface area (Å²) in [5.41, 5.74) is 1.79. The summed E-state index contributed by atoms with van der Waals surface area (Å²) in [7, 11) is 0. The predicted octanol–water partition coefficient (Wildman–Crippen LogP) is 3.40. The maximum atomic E-state index is 12.8. The number of anilines is 2. The highest BCUT2D eigenvalue weighted by atomic mass is 32.1. The van der Waals surface area contributed by atoms with Gasteiger partial charge in [-0.3, -0.25) is 0 Å². The average molecular weight is 264 g/mol. The molecule has 1 unspecified atom stereocenters. The van der Waals surface area contributed by atoms with Crippen LogP contribution in [0.1, 0.15) is 29.5 Å². The highest BCUT2D eigenvalue weighted by Crippen LogP contribution is 2.36. The molecule has 0 aliphatic heterocycles. The van der Waals surface area contributed by atoms with Gasteiger partial charge in [0.1, 0.15) is 5.82 Å². The maximum Gasteiger partial charge on any atom is 0.187 e. The van der Waals surface area contributed by atoms with Crippen molar-refractivity contribution in [1.82, 2.24) is 4.98 Å². The number of rotatable bonds is 2. The lowest BCUT2D eigenvalue weighted by Gasteiger charge is -2.14. The van der Waals surface area contributed by atoms with E-state index < -0.39 is 0 Å². The van der Waals surface area contributed by atoms with Gasteiger partial charge in [0.05, 0.1) is 16.7 Å². The van der Waals surface area contributed by atoms with Crippen molar-refractivity contribution in [3.8, 4) is 0 Å². The minimum Gasteiger partial charge on any atom is -0.388 e. The average Bonchev–Trinajstić information content (AvgIpc) is 2.76. The monoisotopic (exact) mass is 264 g/mol. The molecule has 1 heterocycles. The summed E-state index contributed by atoms with van der Waals surface area (Å²) in [6, 6.07) is 6.16. The van der Waals surface area contributed by atoms with Crippen molar-refractivity contribution in [3.63, 3.8) is 0 Å². The molecule has 0 saturated carbocycles. The first-order valence-corrected chi connectivity index (χ1v) is 6.74. The van der Waals surface area contributed by atoms with Crippen LogP contribution in [-0.4, -0.2) is 10.1 Å². The summed E-state index contributed by atoms with van der Waals surface area (Å²) in [4.78, 5) is 5.44. The Morgan fingerprint density at radius 1 is 1.33 bits per heavy atom. The molecule has 0 fully saturated rings. The maximum absolute atomic E-state index is 12.8. The molecular formula is C13H13FN2OS. The zero-order valence-electron chi connectivity index (χ0n) is 9.69. The standard InChI is InChI=1S/C13H13FN2OS/c14-8-4-6-9(7-5-8)15-13-16-10-2-1-3-11(17)12(10)18-13/h4-7,11,17H,1-3H2,(H,15,16). The van der Waals surface area contributed by atoms with E-state index in [1.54, 1.807) is 12.1 Å². The number of halogens is 1. The van der Waals surface area contributed by atoms with Gasteiger partial charge < -0.3 is 10.4 Å². The van der Waals surface area contributed by atoms with Crippen molar-refractivity contribution in [1.29, 1.82) is 0 Å². The van der Waals surface area contributed by atoms with Gasteiger partial charge in [0.15, 0.2) is 5.13 Å². The molecular weight excluding hydrogens is 251 g/mol. The highest BCUT2D eigenvalue weighted by Gasteiger charge is 2.22. The van der Waals surface area contributed by atoms with Crippen LogP contribution in [0.15, 0.2) is 24.3 Å². The number of nitrogens with one attached hydrogen (secondary N) is 1.